The summed E-state index contributed by atoms with van der Waals surface area (Å²) in [6, 6.07) is 2.50. The van der Waals surface area contributed by atoms with E-state index in [4.69, 9.17) is 0 Å². The number of aromatic hydroxyl groups is 1. The third kappa shape index (κ3) is 2.13. The fraction of sp³-hybridized carbons (Fsp3) is 0.308. The molecule has 1 aromatic rings. The number of imide groups is 1. The molecular weight excluding hydrogens is 389 g/mol. The van der Waals surface area contributed by atoms with Gasteiger partial charge in [0.2, 0.25) is 0 Å². The second-order valence-corrected chi connectivity index (χ2v) is 6.41. The average Bonchev–Trinajstić information content (AvgIpc) is 2.84. The third-order valence-corrected chi connectivity index (χ3v) is 4.92. The molecular formula is C13H12IN3O4. The van der Waals surface area contributed by atoms with E-state index in [-0.39, 0.29) is 18.2 Å². The van der Waals surface area contributed by atoms with Crippen LogP contribution in [0.5, 0.6) is 5.75 Å². The number of nitrogens with zero attached hydrogens (tertiary/aromatic N) is 1. The summed E-state index contributed by atoms with van der Waals surface area (Å²) in [7, 11) is 0. The number of benzene rings is 1. The average molecular weight is 401 g/mol. The number of hydrogen-bond acceptors (Lipinski definition) is 4. The first-order valence-electron chi connectivity index (χ1n) is 6.25. The van der Waals surface area contributed by atoms with Crippen molar-refractivity contribution in [1.29, 1.82) is 0 Å². The normalized spacial score (nSPS) is 24.1. The Bertz CT molecular complexity index is 690. The molecule has 2 heterocycles. The lowest BCUT2D eigenvalue weighted by molar-refractivity contribution is -0.123. The Morgan fingerprint density at radius 2 is 2.10 bits per heavy atom. The number of phenols is 1. The molecule has 0 spiro atoms. The van der Waals surface area contributed by atoms with Crippen LogP contribution in [0, 0.1) is 3.57 Å². The van der Waals surface area contributed by atoms with E-state index < -0.39 is 17.5 Å². The number of urea groups is 1. The first kappa shape index (κ1) is 14.1. The second-order valence-electron chi connectivity index (χ2n) is 5.33. The van der Waals surface area contributed by atoms with Gasteiger partial charge in [-0.15, -0.1) is 0 Å². The van der Waals surface area contributed by atoms with Crippen molar-refractivity contribution >= 4 is 40.4 Å². The maximum Gasteiger partial charge on any atom is 0.322 e. The summed E-state index contributed by atoms with van der Waals surface area (Å²) in [5, 5.41) is 14.4. The lowest BCUT2D eigenvalue weighted by atomic mass is 10.0. The summed E-state index contributed by atoms with van der Waals surface area (Å²) in [4.78, 5) is 37.0. The zero-order valence-electron chi connectivity index (χ0n) is 11.1. The summed E-state index contributed by atoms with van der Waals surface area (Å²) < 4.78 is 0.631. The second kappa shape index (κ2) is 4.58. The molecule has 8 heteroatoms. The van der Waals surface area contributed by atoms with Gasteiger partial charge in [-0.1, -0.05) is 0 Å². The smallest absolute Gasteiger partial charge is 0.322 e. The van der Waals surface area contributed by atoms with Crippen LogP contribution in [0.1, 0.15) is 22.8 Å². The molecule has 1 unspecified atom stereocenters. The highest BCUT2D eigenvalue weighted by Gasteiger charge is 2.45. The number of nitrogens with one attached hydrogen (secondary N) is 2. The monoisotopic (exact) mass is 401 g/mol. The first-order chi connectivity index (χ1) is 9.82. The van der Waals surface area contributed by atoms with Crippen molar-refractivity contribution in [2.45, 2.75) is 19.0 Å². The van der Waals surface area contributed by atoms with Gasteiger partial charge < -0.3 is 15.3 Å². The Kier molecular flexibility index (Phi) is 3.08. The van der Waals surface area contributed by atoms with Crippen molar-refractivity contribution in [2.24, 2.45) is 0 Å². The molecule has 1 atom stereocenters. The first-order valence-corrected chi connectivity index (χ1v) is 7.33. The quantitative estimate of drug-likeness (QED) is 0.498. The van der Waals surface area contributed by atoms with E-state index >= 15 is 0 Å². The maximum absolute atomic E-state index is 12.4. The molecule has 3 N–H and O–H groups in total. The summed E-state index contributed by atoms with van der Waals surface area (Å²) in [5.74, 6) is -0.533. The van der Waals surface area contributed by atoms with Crippen LogP contribution in [0.4, 0.5) is 4.79 Å². The molecule has 0 aliphatic carbocycles. The third-order valence-electron chi connectivity index (χ3n) is 3.71. The molecule has 1 fully saturated rings. The fourth-order valence-electron chi connectivity index (χ4n) is 2.60. The molecule has 2 aliphatic rings. The van der Waals surface area contributed by atoms with Crippen LogP contribution in [0.2, 0.25) is 0 Å². The van der Waals surface area contributed by atoms with Crippen LogP contribution in [-0.2, 0) is 11.3 Å². The van der Waals surface area contributed by atoms with E-state index in [1.807, 2.05) is 22.6 Å². The van der Waals surface area contributed by atoms with Crippen LogP contribution in [0.3, 0.4) is 0 Å². The Labute approximate surface area is 133 Å². The van der Waals surface area contributed by atoms with Gasteiger partial charge in [-0.05, 0) is 41.6 Å². The van der Waals surface area contributed by atoms with Crippen molar-refractivity contribution in [3.05, 3.63) is 26.8 Å². The van der Waals surface area contributed by atoms with Gasteiger partial charge in [0.15, 0.2) is 0 Å². The fourth-order valence-corrected chi connectivity index (χ4v) is 3.24. The SMILES string of the molecule is CC1(CN2Cc3c(ccc(O)c3I)C2=O)NC(=O)NC1=O. The molecule has 21 heavy (non-hydrogen) atoms. The van der Waals surface area contributed by atoms with Crippen LogP contribution in [0.25, 0.3) is 0 Å². The number of carbonyl (C=O) groups excluding carboxylic acids is 3. The van der Waals surface area contributed by atoms with Crippen molar-refractivity contribution in [1.82, 2.24) is 15.5 Å². The molecule has 0 radical (unpaired) electrons. The molecule has 0 bridgehead atoms. The Balaban J connectivity index is 1.87. The van der Waals surface area contributed by atoms with Crippen LogP contribution in [-0.4, -0.2) is 39.9 Å². The molecule has 1 aromatic carbocycles. The molecule has 0 saturated carbocycles. The number of carbonyl (C=O) groups is 3. The highest BCUT2D eigenvalue weighted by atomic mass is 127. The lowest BCUT2D eigenvalue weighted by Crippen LogP contribution is -2.52. The predicted molar refractivity (Wildman–Crippen MR) is 80.6 cm³/mol. The number of fused-ring (bicyclic) bond motifs is 1. The highest BCUT2D eigenvalue weighted by molar-refractivity contribution is 14.1. The number of phenolic OH excluding ortho intramolecular Hbond substituents is 1. The molecule has 7 nitrogen and oxygen atoms in total. The van der Waals surface area contributed by atoms with Gasteiger partial charge in [0.25, 0.3) is 11.8 Å². The molecule has 110 valence electrons. The predicted octanol–water partition coefficient (Wildman–Crippen LogP) is 0.551. The van der Waals surface area contributed by atoms with Crippen molar-refractivity contribution in [2.75, 3.05) is 6.54 Å². The van der Waals surface area contributed by atoms with Crippen LogP contribution >= 0.6 is 22.6 Å². The topological polar surface area (TPSA) is 98.7 Å². The van der Waals surface area contributed by atoms with Gasteiger partial charge in [0.05, 0.1) is 10.1 Å². The minimum Gasteiger partial charge on any atom is -0.507 e. The maximum atomic E-state index is 12.4. The van der Waals surface area contributed by atoms with Gasteiger partial charge in [-0.3, -0.25) is 14.9 Å². The van der Waals surface area contributed by atoms with Gasteiger partial charge >= 0.3 is 6.03 Å². The zero-order valence-corrected chi connectivity index (χ0v) is 13.2. The minimum atomic E-state index is -1.14. The Hall–Kier alpha value is -1.84. The number of halogens is 1. The van der Waals surface area contributed by atoms with Crippen molar-refractivity contribution in [3.8, 4) is 5.75 Å². The van der Waals surface area contributed by atoms with E-state index in [1.165, 1.54) is 11.0 Å². The van der Waals surface area contributed by atoms with Crippen LogP contribution < -0.4 is 10.6 Å². The zero-order chi connectivity index (χ0) is 15.4. The van der Waals surface area contributed by atoms with Gasteiger partial charge in [0.1, 0.15) is 11.3 Å². The van der Waals surface area contributed by atoms with Crippen molar-refractivity contribution in [3.63, 3.8) is 0 Å². The number of hydrogen-bond donors (Lipinski definition) is 3. The largest absolute Gasteiger partial charge is 0.507 e. The van der Waals surface area contributed by atoms with Gasteiger partial charge in [-0.25, -0.2) is 4.79 Å². The number of amides is 4. The van der Waals surface area contributed by atoms with Crippen LogP contribution in [0.15, 0.2) is 12.1 Å². The van der Waals surface area contributed by atoms with E-state index in [2.05, 4.69) is 10.6 Å². The molecule has 1 saturated heterocycles. The summed E-state index contributed by atoms with van der Waals surface area (Å²) in [5.41, 5.74) is 0.127. The summed E-state index contributed by atoms with van der Waals surface area (Å²) in [6.45, 7) is 1.96. The standard InChI is InChI=1S/C13H12IN3O4/c1-13(11(20)15-12(21)16-13)5-17-4-7-6(10(17)19)2-3-8(18)9(7)14/h2-3,18H,4-5H2,1H3,(H2,15,16,20,21). The van der Waals surface area contributed by atoms with Gasteiger partial charge in [-0.2, -0.15) is 0 Å². The Morgan fingerprint density at radius 3 is 2.71 bits per heavy atom. The van der Waals surface area contributed by atoms with Gasteiger partial charge in [0, 0.05) is 17.7 Å². The molecule has 4 amide bonds. The number of rotatable bonds is 2. The Morgan fingerprint density at radius 1 is 1.38 bits per heavy atom. The van der Waals surface area contributed by atoms with E-state index in [1.54, 1.807) is 13.0 Å². The lowest BCUT2D eigenvalue weighted by Gasteiger charge is -2.27. The molecule has 0 aromatic heterocycles. The molecule has 2 aliphatic heterocycles. The minimum absolute atomic E-state index is 0.0783. The van der Waals surface area contributed by atoms with Crippen molar-refractivity contribution < 1.29 is 19.5 Å². The van der Waals surface area contributed by atoms with E-state index in [0.29, 0.717) is 15.7 Å². The highest BCUT2D eigenvalue weighted by Crippen LogP contribution is 2.33. The van der Waals surface area contributed by atoms with E-state index in [9.17, 15) is 19.5 Å². The summed E-state index contributed by atoms with van der Waals surface area (Å²) >= 11 is 1.99. The molecule has 3 rings (SSSR count). The summed E-state index contributed by atoms with van der Waals surface area (Å²) in [6.07, 6.45) is 0. The van der Waals surface area contributed by atoms with E-state index in [0.717, 1.165) is 5.56 Å².